The van der Waals surface area contributed by atoms with Gasteiger partial charge < -0.3 is 15.3 Å². The van der Waals surface area contributed by atoms with Crippen molar-refractivity contribution in [3.63, 3.8) is 0 Å². The Balaban J connectivity index is 0.000000617. The Morgan fingerprint density at radius 1 is 1.00 bits per heavy atom. The van der Waals surface area contributed by atoms with Crippen LogP contribution < -0.4 is 5.73 Å². The molecular formula is C30H32F2N4O2. The van der Waals surface area contributed by atoms with Gasteiger partial charge in [0, 0.05) is 37.0 Å². The number of carbonyl (C=O) groups is 1. The van der Waals surface area contributed by atoms with Gasteiger partial charge in [0.25, 0.3) is 0 Å². The average Bonchev–Trinajstić information content (AvgIpc) is 3.57. The van der Waals surface area contributed by atoms with Crippen LogP contribution in [0, 0.1) is 11.6 Å². The number of nitrogen functional groups attached to an aromatic ring is 1. The highest BCUT2D eigenvalue weighted by Gasteiger charge is 2.31. The van der Waals surface area contributed by atoms with Gasteiger partial charge in [-0.15, -0.1) is 0 Å². The van der Waals surface area contributed by atoms with Crippen molar-refractivity contribution < 1.29 is 18.3 Å². The molecule has 0 spiro atoms. The van der Waals surface area contributed by atoms with Crippen LogP contribution in [-0.4, -0.2) is 40.7 Å². The van der Waals surface area contributed by atoms with Crippen molar-refractivity contribution in [3.05, 3.63) is 102 Å². The van der Waals surface area contributed by atoms with E-state index < -0.39 is 0 Å². The molecular weight excluding hydrogens is 486 g/mol. The Labute approximate surface area is 221 Å². The molecule has 6 nitrogen and oxygen atoms in total. The fourth-order valence-electron chi connectivity index (χ4n) is 4.21. The summed E-state index contributed by atoms with van der Waals surface area (Å²) in [5.41, 5.74) is 10.9. The number of rotatable bonds is 8. The van der Waals surface area contributed by atoms with Gasteiger partial charge in [0.15, 0.2) is 6.23 Å². The summed E-state index contributed by atoms with van der Waals surface area (Å²) in [5, 5.41) is 4.83. The molecule has 1 atom stereocenters. The second-order valence-corrected chi connectivity index (χ2v) is 9.06. The Morgan fingerprint density at radius 3 is 2.26 bits per heavy atom. The number of aromatic nitrogens is 2. The molecule has 38 heavy (non-hydrogen) atoms. The third kappa shape index (κ3) is 6.90. The zero-order valence-electron chi connectivity index (χ0n) is 21.4. The molecule has 2 heterocycles. The van der Waals surface area contributed by atoms with Crippen LogP contribution in [0.2, 0.25) is 0 Å². The average molecular weight is 519 g/mol. The normalized spacial score (nSPS) is 15.2. The summed E-state index contributed by atoms with van der Waals surface area (Å²) in [6.45, 7) is 4.15. The van der Waals surface area contributed by atoms with E-state index in [2.05, 4.69) is 4.90 Å². The molecule has 8 heteroatoms. The largest absolute Gasteiger partial charge is 0.399 e. The molecule has 1 aromatic heterocycles. The van der Waals surface area contributed by atoms with Gasteiger partial charge in [0.05, 0.1) is 12.3 Å². The monoisotopic (exact) mass is 518 g/mol. The number of halogens is 2. The predicted molar refractivity (Wildman–Crippen MR) is 145 cm³/mol. The number of ether oxygens (including phenoxy) is 1. The number of anilines is 1. The van der Waals surface area contributed by atoms with Crippen LogP contribution in [0.4, 0.5) is 14.5 Å². The molecule has 1 saturated heterocycles. The quantitative estimate of drug-likeness (QED) is 0.230. The molecule has 0 amide bonds. The molecule has 0 aliphatic carbocycles. The first-order chi connectivity index (χ1) is 18.5. The third-order valence-corrected chi connectivity index (χ3v) is 6.28. The van der Waals surface area contributed by atoms with Crippen molar-refractivity contribution >= 4 is 12.0 Å². The Bertz CT molecular complexity index is 1310. The second-order valence-electron chi connectivity index (χ2n) is 9.06. The number of nitrogens with zero attached hydrogens (tertiary/aromatic N) is 3. The number of unbranched alkanes of at least 4 members (excludes halogenated alkanes) is 1. The van der Waals surface area contributed by atoms with Gasteiger partial charge in [-0.1, -0.05) is 31.2 Å². The Hall–Kier alpha value is -3.88. The van der Waals surface area contributed by atoms with E-state index in [9.17, 15) is 13.6 Å². The number of carbonyl (C=O) groups excluding carboxylic acids is 1. The molecule has 1 aliphatic rings. The maximum atomic E-state index is 13.6. The first-order valence-corrected chi connectivity index (χ1v) is 12.7. The molecule has 5 rings (SSSR count). The van der Waals surface area contributed by atoms with E-state index in [0.29, 0.717) is 13.0 Å². The van der Waals surface area contributed by atoms with Crippen LogP contribution in [0.1, 0.15) is 37.3 Å². The highest BCUT2D eigenvalue weighted by atomic mass is 19.1. The van der Waals surface area contributed by atoms with Crippen LogP contribution >= 0.6 is 0 Å². The fourth-order valence-corrected chi connectivity index (χ4v) is 4.21. The predicted octanol–water partition coefficient (Wildman–Crippen LogP) is 5.96. The van der Waals surface area contributed by atoms with E-state index >= 15 is 0 Å². The summed E-state index contributed by atoms with van der Waals surface area (Å²) in [6, 6.07) is 20.4. The van der Waals surface area contributed by atoms with Crippen LogP contribution in [0.15, 0.2) is 79.0 Å². The maximum absolute atomic E-state index is 13.6. The minimum Gasteiger partial charge on any atom is -0.399 e. The molecule has 0 radical (unpaired) electrons. The number of aldehydes is 1. The molecule has 198 valence electrons. The van der Waals surface area contributed by atoms with E-state index in [1.807, 2.05) is 37.4 Å². The summed E-state index contributed by atoms with van der Waals surface area (Å²) in [7, 11) is 0. The zero-order chi connectivity index (χ0) is 26.9. The second kappa shape index (κ2) is 13.1. The van der Waals surface area contributed by atoms with Gasteiger partial charge in [0.2, 0.25) is 0 Å². The number of hydrogen-bond acceptors (Lipinski definition) is 5. The number of nitrogens with two attached hydrogens (primary N) is 1. The third-order valence-electron chi connectivity index (χ3n) is 6.28. The van der Waals surface area contributed by atoms with E-state index in [4.69, 9.17) is 15.6 Å². The summed E-state index contributed by atoms with van der Waals surface area (Å²) >= 11 is 0. The van der Waals surface area contributed by atoms with E-state index in [1.165, 1.54) is 29.8 Å². The van der Waals surface area contributed by atoms with Crippen molar-refractivity contribution in [2.45, 2.75) is 32.4 Å². The lowest BCUT2D eigenvalue weighted by atomic mass is 10.1. The highest BCUT2D eigenvalue weighted by molar-refractivity contribution is 5.66. The van der Waals surface area contributed by atoms with E-state index in [0.717, 1.165) is 60.4 Å². The first-order valence-electron chi connectivity index (χ1n) is 12.7. The molecule has 1 unspecified atom stereocenters. The van der Waals surface area contributed by atoms with Crippen LogP contribution in [0.5, 0.6) is 0 Å². The maximum Gasteiger partial charge on any atom is 0.156 e. The Kier molecular flexibility index (Phi) is 9.35. The zero-order valence-corrected chi connectivity index (χ0v) is 21.4. The van der Waals surface area contributed by atoms with Gasteiger partial charge in [-0.25, -0.2) is 13.5 Å². The lowest BCUT2D eigenvalue weighted by molar-refractivity contribution is -0.107. The van der Waals surface area contributed by atoms with Crippen LogP contribution in [0.25, 0.3) is 16.8 Å². The molecule has 4 aromatic rings. The minimum absolute atomic E-state index is 0.298. The highest BCUT2D eigenvalue weighted by Crippen LogP contribution is 2.35. The fraction of sp³-hybridized carbons (Fsp3) is 0.267. The van der Waals surface area contributed by atoms with Gasteiger partial charge in [-0.05, 0) is 72.5 Å². The van der Waals surface area contributed by atoms with Crippen molar-refractivity contribution in [2.75, 3.05) is 25.4 Å². The molecule has 3 aromatic carbocycles. The standard InChI is InChI=1S/C26H24F2N4O.C4H8O/c27-20-5-3-19(4-6-20)24-17-32(23-11-7-21(28)8-12-23)30-25(24)26-31(15-16-33-26)14-13-18-1-9-22(29)10-2-18;1-2-3-4-5/h1-12,17,26H,13-16,29H2;4H,2-3H2,1H3. The van der Waals surface area contributed by atoms with Crippen molar-refractivity contribution in [1.29, 1.82) is 0 Å². The topological polar surface area (TPSA) is 73.4 Å². The molecule has 2 N–H and O–H groups in total. The van der Waals surface area contributed by atoms with Gasteiger partial charge in [-0.3, -0.25) is 4.90 Å². The van der Waals surface area contributed by atoms with Crippen molar-refractivity contribution in [1.82, 2.24) is 14.7 Å². The SMILES string of the molecule is CCCC=O.Nc1ccc(CCN2CCOC2c2nn(-c3ccc(F)cc3)cc2-c2ccc(F)cc2)cc1. The van der Waals surface area contributed by atoms with Crippen LogP contribution in [0.3, 0.4) is 0 Å². The smallest absolute Gasteiger partial charge is 0.156 e. The summed E-state index contributed by atoms with van der Waals surface area (Å²) in [4.78, 5) is 11.7. The van der Waals surface area contributed by atoms with Crippen LogP contribution in [-0.2, 0) is 16.0 Å². The minimum atomic E-state index is -0.333. The summed E-state index contributed by atoms with van der Waals surface area (Å²) < 4.78 is 34.8. The molecule has 1 aliphatic heterocycles. The lowest BCUT2D eigenvalue weighted by Gasteiger charge is -2.22. The number of hydrogen-bond donors (Lipinski definition) is 1. The molecule has 0 saturated carbocycles. The lowest BCUT2D eigenvalue weighted by Crippen LogP contribution is -2.27. The van der Waals surface area contributed by atoms with Gasteiger partial charge in [-0.2, -0.15) is 5.10 Å². The van der Waals surface area contributed by atoms with Crippen molar-refractivity contribution in [2.24, 2.45) is 0 Å². The van der Waals surface area contributed by atoms with Gasteiger partial charge in [0.1, 0.15) is 23.6 Å². The van der Waals surface area contributed by atoms with Crippen molar-refractivity contribution in [3.8, 4) is 16.8 Å². The van der Waals surface area contributed by atoms with Gasteiger partial charge >= 0.3 is 0 Å². The van der Waals surface area contributed by atoms with E-state index in [-0.39, 0.29) is 17.9 Å². The summed E-state index contributed by atoms with van der Waals surface area (Å²) in [5.74, 6) is -0.605. The molecule has 0 bridgehead atoms. The number of benzene rings is 3. The summed E-state index contributed by atoms with van der Waals surface area (Å²) in [6.07, 6.45) is 5.02. The first kappa shape index (κ1) is 27.2. The Morgan fingerprint density at radius 2 is 1.66 bits per heavy atom. The van der Waals surface area contributed by atoms with E-state index in [1.54, 1.807) is 28.9 Å². The molecule has 1 fully saturated rings.